The smallest absolute Gasteiger partial charge is 0.306 e. The van der Waals surface area contributed by atoms with Crippen LogP contribution in [0.3, 0.4) is 0 Å². The molecule has 5 rings (SSSR count). The maximum atomic E-state index is 12.9. The highest BCUT2D eigenvalue weighted by Crippen LogP contribution is 2.61. The van der Waals surface area contributed by atoms with E-state index >= 15 is 0 Å². The third-order valence-corrected chi connectivity index (χ3v) is 11.2. The van der Waals surface area contributed by atoms with Crippen molar-refractivity contribution in [2.45, 2.75) is 126 Å². The van der Waals surface area contributed by atoms with Crippen LogP contribution in [0.15, 0.2) is 18.2 Å². The number of carbonyl (C=O) groups excluding carboxylic acids is 3. The van der Waals surface area contributed by atoms with Crippen molar-refractivity contribution in [3.8, 4) is 5.75 Å². The lowest BCUT2D eigenvalue weighted by atomic mass is 9.55. The van der Waals surface area contributed by atoms with Crippen molar-refractivity contribution in [3.63, 3.8) is 0 Å². The number of phenols is 1. The number of esters is 2. The normalized spacial score (nSPS) is 35.8. The summed E-state index contributed by atoms with van der Waals surface area (Å²) in [7, 11) is 0. The van der Waals surface area contributed by atoms with Crippen LogP contribution in [0.5, 0.6) is 5.75 Å². The highest BCUT2D eigenvalue weighted by Gasteiger charge is 2.56. The first-order valence-corrected chi connectivity index (χ1v) is 16.2. The van der Waals surface area contributed by atoms with Crippen LogP contribution in [0, 0.1) is 23.2 Å². The van der Waals surface area contributed by atoms with Gasteiger partial charge in [-0.3, -0.25) is 14.4 Å². The second-order valence-electron chi connectivity index (χ2n) is 13.8. The summed E-state index contributed by atoms with van der Waals surface area (Å²) < 4.78 is 11.4. The molecule has 4 aliphatic rings. The zero-order valence-electron chi connectivity index (χ0n) is 25.5. The van der Waals surface area contributed by atoms with E-state index in [0.29, 0.717) is 29.9 Å². The number of hydrogen-bond donors (Lipinski definition) is 6. The van der Waals surface area contributed by atoms with E-state index in [0.717, 1.165) is 38.5 Å². The van der Waals surface area contributed by atoms with Gasteiger partial charge in [-0.15, -0.1) is 0 Å². The molecule has 1 aromatic carbocycles. The Morgan fingerprint density at radius 1 is 0.977 bits per heavy atom. The van der Waals surface area contributed by atoms with Crippen molar-refractivity contribution >= 4 is 17.8 Å². The molecule has 8 N–H and O–H groups in total. The second kappa shape index (κ2) is 13.3. The molecule has 44 heavy (non-hydrogen) atoms. The van der Waals surface area contributed by atoms with E-state index in [1.54, 1.807) is 6.07 Å². The minimum Gasteiger partial charge on any atom is -0.508 e. The van der Waals surface area contributed by atoms with Crippen LogP contribution >= 0.6 is 0 Å². The third-order valence-electron chi connectivity index (χ3n) is 11.2. The standard InChI is InChI=1S/C33H48N2O9/c1-33-15-14-20-19-5-3-18(36)16-17(19)2-4-21(20)22(33)6-11-27(33)44-29(40)13-9-25(38)24(37)8-12-28(39)43-26-10-7-23(34)31(41)30(26)32(35)42/h3,5,16,20-27,30-31,36-38,41H,2,4,6-15,34H2,1H3,(H2,35,42). The van der Waals surface area contributed by atoms with Gasteiger partial charge in [0.1, 0.15) is 23.9 Å². The van der Waals surface area contributed by atoms with Crippen molar-refractivity contribution in [2.24, 2.45) is 34.6 Å². The van der Waals surface area contributed by atoms with Crippen LogP contribution < -0.4 is 11.5 Å². The van der Waals surface area contributed by atoms with Gasteiger partial charge in [-0.25, -0.2) is 0 Å². The number of amides is 1. The molecule has 11 atom stereocenters. The Hall–Kier alpha value is -2.73. The fourth-order valence-corrected chi connectivity index (χ4v) is 8.75. The molecule has 0 spiro atoms. The van der Waals surface area contributed by atoms with Crippen molar-refractivity contribution in [3.05, 3.63) is 29.3 Å². The van der Waals surface area contributed by atoms with Gasteiger partial charge in [-0.05, 0) is 105 Å². The van der Waals surface area contributed by atoms with Gasteiger partial charge < -0.3 is 41.4 Å². The maximum Gasteiger partial charge on any atom is 0.306 e. The molecule has 1 amide bonds. The number of fused-ring (bicyclic) bond motifs is 5. The van der Waals surface area contributed by atoms with E-state index in [1.165, 1.54) is 11.1 Å². The monoisotopic (exact) mass is 616 g/mol. The molecule has 0 bridgehead atoms. The van der Waals surface area contributed by atoms with Gasteiger partial charge in [0.05, 0.1) is 18.3 Å². The summed E-state index contributed by atoms with van der Waals surface area (Å²) in [6, 6.07) is 5.13. The molecule has 0 saturated heterocycles. The molecule has 11 heteroatoms. The van der Waals surface area contributed by atoms with Crippen LogP contribution in [0.4, 0.5) is 0 Å². The van der Waals surface area contributed by atoms with Gasteiger partial charge in [-0.2, -0.15) is 0 Å². The number of ether oxygens (including phenoxy) is 2. The summed E-state index contributed by atoms with van der Waals surface area (Å²) in [5.74, 6) is -1.22. The molecule has 0 aliphatic heterocycles. The van der Waals surface area contributed by atoms with Crippen LogP contribution in [-0.4, -0.2) is 74.8 Å². The average Bonchev–Trinajstić information content (AvgIpc) is 3.31. The van der Waals surface area contributed by atoms with E-state index in [4.69, 9.17) is 20.9 Å². The van der Waals surface area contributed by atoms with Gasteiger partial charge in [-0.1, -0.05) is 13.0 Å². The van der Waals surface area contributed by atoms with Crippen molar-refractivity contribution < 1.29 is 44.3 Å². The zero-order chi connectivity index (χ0) is 31.8. The quantitative estimate of drug-likeness (QED) is 0.211. The first kappa shape index (κ1) is 32.7. The average molecular weight is 617 g/mol. The number of hydrogen-bond acceptors (Lipinski definition) is 10. The highest BCUT2D eigenvalue weighted by atomic mass is 16.5. The van der Waals surface area contributed by atoms with E-state index in [2.05, 4.69) is 13.0 Å². The van der Waals surface area contributed by atoms with E-state index in [9.17, 15) is 34.8 Å². The van der Waals surface area contributed by atoms with Gasteiger partial charge in [0.25, 0.3) is 0 Å². The predicted molar refractivity (Wildman–Crippen MR) is 159 cm³/mol. The molecule has 3 saturated carbocycles. The van der Waals surface area contributed by atoms with E-state index in [-0.39, 0.29) is 43.6 Å². The topological polar surface area (TPSA) is 203 Å². The minimum absolute atomic E-state index is 0.00725. The number of rotatable bonds is 10. The summed E-state index contributed by atoms with van der Waals surface area (Å²) in [5.41, 5.74) is 13.7. The minimum atomic E-state index is -1.26. The van der Waals surface area contributed by atoms with Crippen LogP contribution in [0.1, 0.15) is 94.6 Å². The number of aromatic hydroxyl groups is 1. The number of aliphatic hydroxyl groups excluding tert-OH is 3. The summed E-state index contributed by atoms with van der Waals surface area (Å²) in [6.07, 6.45) is 1.31. The molecule has 0 heterocycles. The van der Waals surface area contributed by atoms with Crippen molar-refractivity contribution in [2.75, 3.05) is 0 Å². The largest absolute Gasteiger partial charge is 0.508 e. The molecule has 4 aliphatic carbocycles. The number of carbonyl (C=O) groups is 3. The molecule has 0 aromatic heterocycles. The SMILES string of the molecule is CC12CCC3c4ccc(O)cc4CCC3C1CCC2OC(=O)CCC(O)C(O)CCC(=O)OC1CCC(N)C(O)C1C(N)=O. The Morgan fingerprint density at radius 3 is 2.34 bits per heavy atom. The van der Waals surface area contributed by atoms with Crippen molar-refractivity contribution in [1.29, 1.82) is 0 Å². The fourth-order valence-electron chi connectivity index (χ4n) is 8.75. The van der Waals surface area contributed by atoms with Crippen LogP contribution in [0.25, 0.3) is 0 Å². The molecule has 3 fully saturated rings. The zero-order valence-corrected chi connectivity index (χ0v) is 25.5. The summed E-state index contributed by atoms with van der Waals surface area (Å²) in [6.45, 7) is 2.25. The molecule has 11 unspecified atom stereocenters. The maximum absolute atomic E-state index is 12.9. The van der Waals surface area contributed by atoms with Gasteiger partial charge in [0.2, 0.25) is 5.91 Å². The Kier molecular flexibility index (Phi) is 9.89. The molecule has 11 nitrogen and oxygen atoms in total. The Morgan fingerprint density at radius 2 is 1.66 bits per heavy atom. The third kappa shape index (κ3) is 6.61. The predicted octanol–water partition coefficient (Wildman–Crippen LogP) is 1.94. The number of aliphatic hydroxyl groups is 3. The number of nitrogens with two attached hydrogens (primary N) is 2. The molecular weight excluding hydrogens is 568 g/mol. The summed E-state index contributed by atoms with van der Waals surface area (Å²) in [4.78, 5) is 37.0. The van der Waals surface area contributed by atoms with Gasteiger partial charge >= 0.3 is 11.9 Å². The Bertz CT molecular complexity index is 1230. The Balaban J connectivity index is 1.06. The van der Waals surface area contributed by atoms with Crippen molar-refractivity contribution in [1.82, 2.24) is 0 Å². The lowest BCUT2D eigenvalue weighted by Gasteiger charge is -2.50. The van der Waals surface area contributed by atoms with Gasteiger partial charge in [0.15, 0.2) is 0 Å². The number of benzene rings is 1. The summed E-state index contributed by atoms with van der Waals surface area (Å²) in [5, 5.41) is 41.0. The van der Waals surface area contributed by atoms with Crippen LogP contribution in [-0.2, 0) is 30.3 Å². The number of phenolic OH excluding ortho intramolecular Hbond substituents is 1. The van der Waals surface area contributed by atoms with Crippen LogP contribution in [0.2, 0.25) is 0 Å². The molecular formula is C33H48N2O9. The van der Waals surface area contributed by atoms with E-state index < -0.39 is 54.2 Å². The van der Waals surface area contributed by atoms with E-state index in [1.807, 2.05) is 6.07 Å². The molecule has 0 radical (unpaired) electrons. The fraction of sp³-hybridized carbons (Fsp3) is 0.727. The lowest BCUT2D eigenvalue weighted by Crippen LogP contribution is -2.55. The Labute approximate surface area is 258 Å². The molecule has 1 aromatic rings. The number of aryl methyl sites for hydroxylation is 1. The molecule has 244 valence electrons. The lowest BCUT2D eigenvalue weighted by molar-refractivity contribution is -0.163. The first-order valence-electron chi connectivity index (χ1n) is 16.2. The van der Waals surface area contributed by atoms with Gasteiger partial charge in [0, 0.05) is 24.3 Å². The number of primary amides is 1. The first-order chi connectivity index (χ1) is 20.9. The summed E-state index contributed by atoms with van der Waals surface area (Å²) >= 11 is 0. The second-order valence-corrected chi connectivity index (χ2v) is 13.8. The highest BCUT2D eigenvalue weighted by molar-refractivity contribution is 5.79.